The highest BCUT2D eigenvalue weighted by atomic mass is 16.4. The molecule has 1 aliphatic rings. The average Bonchev–Trinajstić information content (AvgIpc) is 3.21. The molecule has 0 saturated carbocycles. The number of hydrogen-bond donors (Lipinski definition) is 2. The largest absolute Gasteiger partial charge is 0.403 e. The third-order valence-electron chi connectivity index (χ3n) is 5.05. The van der Waals surface area contributed by atoms with Gasteiger partial charge < -0.3 is 15.1 Å². The van der Waals surface area contributed by atoms with Crippen molar-refractivity contribution in [3.63, 3.8) is 0 Å². The summed E-state index contributed by atoms with van der Waals surface area (Å²) in [6, 6.07) is 25.2. The van der Waals surface area contributed by atoms with Crippen LogP contribution < -0.4 is 10.6 Å². The van der Waals surface area contributed by atoms with Gasteiger partial charge in [-0.2, -0.15) is 0 Å². The maximum Gasteiger partial charge on any atom is 0.317 e. The van der Waals surface area contributed by atoms with Crippen molar-refractivity contribution >= 4 is 23.3 Å². The quantitative estimate of drug-likeness (QED) is 0.525. The number of aromatic nitrogens is 2. The first-order valence-corrected chi connectivity index (χ1v) is 9.88. The van der Waals surface area contributed by atoms with E-state index in [0.717, 1.165) is 22.3 Å². The van der Waals surface area contributed by atoms with Crippen LogP contribution in [0.25, 0.3) is 11.5 Å². The number of fused-ring (bicyclic) bond motifs is 1. The number of amides is 1. The van der Waals surface area contributed by atoms with E-state index in [0.29, 0.717) is 17.3 Å². The molecule has 5 rings (SSSR count). The minimum Gasteiger partial charge on any atom is -0.403 e. The van der Waals surface area contributed by atoms with Gasteiger partial charge in [-0.25, -0.2) is 4.99 Å². The standard InChI is InChI=1S/C24H19N5O2/c1-15-9-5-6-12-17(15)23-28-29-24(31-23)27-21-22(30)25-19-14-8-7-13-18(19)20(26-21)16-10-3-2-4-11-16/h2-14,21H,1H3,(H,25,30)(H,27,29). The Hall–Kier alpha value is -4.26. The van der Waals surface area contributed by atoms with E-state index in [2.05, 4.69) is 20.8 Å². The molecule has 1 unspecified atom stereocenters. The number of nitrogens with one attached hydrogen (secondary N) is 2. The van der Waals surface area contributed by atoms with Crippen LogP contribution in [0, 0.1) is 6.92 Å². The zero-order valence-corrected chi connectivity index (χ0v) is 16.7. The molecule has 1 aromatic heterocycles. The average molecular weight is 409 g/mol. The molecule has 2 heterocycles. The van der Waals surface area contributed by atoms with E-state index < -0.39 is 6.17 Å². The van der Waals surface area contributed by atoms with E-state index in [9.17, 15) is 4.79 Å². The molecule has 152 valence electrons. The third kappa shape index (κ3) is 3.69. The van der Waals surface area contributed by atoms with Gasteiger partial charge in [0.25, 0.3) is 5.91 Å². The zero-order valence-electron chi connectivity index (χ0n) is 16.7. The monoisotopic (exact) mass is 409 g/mol. The highest BCUT2D eigenvalue weighted by Crippen LogP contribution is 2.26. The second kappa shape index (κ2) is 7.87. The fourth-order valence-corrected chi connectivity index (χ4v) is 3.50. The van der Waals surface area contributed by atoms with Gasteiger partial charge in [0.1, 0.15) is 0 Å². The van der Waals surface area contributed by atoms with Crippen LogP contribution in [0.1, 0.15) is 16.7 Å². The molecule has 7 heteroatoms. The molecule has 0 spiro atoms. The van der Waals surface area contributed by atoms with Crippen molar-refractivity contribution in [1.82, 2.24) is 10.2 Å². The third-order valence-corrected chi connectivity index (χ3v) is 5.05. The number of hydrogen-bond acceptors (Lipinski definition) is 6. The van der Waals surface area contributed by atoms with Gasteiger partial charge in [-0.15, -0.1) is 5.10 Å². The summed E-state index contributed by atoms with van der Waals surface area (Å²) in [7, 11) is 0. The molecule has 7 nitrogen and oxygen atoms in total. The fourth-order valence-electron chi connectivity index (χ4n) is 3.50. The summed E-state index contributed by atoms with van der Waals surface area (Å²) in [5.41, 5.74) is 5.01. The van der Waals surface area contributed by atoms with Crippen LogP contribution in [0.15, 0.2) is 88.3 Å². The molecule has 0 radical (unpaired) electrons. The molecule has 1 aliphatic heterocycles. The Balaban J connectivity index is 1.51. The normalized spacial score (nSPS) is 15.5. The maximum atomic E-state index is 12.9. The minimum atomic E-state index is -0.937. The molecule has 0 aliphatic carbocycles. The number of para-hydroxylation sites is 1. The van der Waals surface area contributed by atoms with Crippen LogP contribution in [-0.2, 0) is 4.79 Å². The number of benzene rings is 3. The lowest BCUT2D eigenvalue weighted by molar-refractivity contribution is -0.116. The lowest BCUT2D eigenvalue weighted by Gasteiger charge is -2.11. The van der Waals surface area contributed by atoms with Crippen molar-refractivity contribution in [2.75, 3.05) is 10.6 Å². The van der Waals surface area contributed by atoms with Crippen molar-refractivity contribution in [2.24, 2.45) is 4.99 Å². The molecule has 4 aromatic rings. The highest BCUT2D eigenvalue weighted by Gasteiger charge is 2.27. The van der Waals surface area contributed by atoms with Crippen LogP contribution in [0.3, 0.4) is 0 Å². The van der Waals surface area contributed by atoms with Gasteiger partial charge in [0.15, 0.2) is 0 Å². The van der Waals surface area contributed by atoms with Crippen LogP contribution in [0.5, 0.6) is 0 Å². The number of carbonyl (C=O) groups excluding carboxylic acids is 1. The minimum absolute atomic E-state index is 0.125. The number of nitrogens with zero attached hydrogens (tertiary/aromatic N) is 3. The predicted octanol–water partition coefficient (Wildman–Crippen LogP) is 4.27. The molecule has 0 fully saturated rings. The van der Waals surface area contributed by atoms with Crippen molar-refractivity contribution in [1.29, 1.82) is 0 Å². The van der Waals surface area contributed by atoms with Crippen molar-refractivity contribution in [3.05, 3.63) is 95.6 Å². The van der Waals surface area contributed by atoms with Gasteiger partial charge in [0.2, 0.25) is 12.1 Å². The summed E-state index contributed by atoms with van der Waals surface area (Å²) in [6.07, 6.45) is -0.937. The lowest BCUT2D eigenvalue weighted by atomic mass is 10.0. The Bertz CT molecular complexity index is 1280. The molecule has 2 N–H and O–H groups in total. The van der Waals surface area contributed by atoms with Crippen LogP contribution in [0.4, 0.5) is 11.7 Å². The topological polar surface area (TPSA) is 92.4 Å². The van der Waals surface area contributed by atoms with E-state index in [1.54, 1.807) is 0 Å². The zero-order chi connectivity index (χ0) is 21.2. The van der Waals surface area contributed by atoms with Crippen LogP contribution in [0.2, 0.25) is 0 Å². The molecule has 1 amide bonds. The Morgan fingerprint density at radius 3 is 2.39 bits per heavy atom. The first kappa shape index (κ1) is 18.7. The summed E-state index contributed by atoms with van der Waals surface area (Å²) in [4.78, 5) is 17.6. The molecule has 0 bridgehead atoms. The molecular formula is C24H19N5O2. The highest BCUT2D eigenvalue weighted by molar-refractivity contribution is 6.19. The second-order valence-corrected chi connectivity index (χ2v) is 7.15. The van der Waals surface area contributed by atoms with E-state index in [4.69, 9.17) is 9.41 Å². The van der Waals surface area contributed by atoms with Gasteiger partial charge in [-0.1, -0.05) is 71.8 Å². The van der Waals surface area contributed by atoms with E-state index >= 15 is 0 Å². The lowest BCUT2D eigenvalue weighted by Crippen LogP contribution is -2.32. The maximum absolute atomic E-state index is 12.9. The number of rotatable bonds is 4. The number of benzodiazepines with no additional fused rings is 1. The fraction of sp³-hybridized carbons (Fsp3) is 0.0833. The Morgan fingerprint density at radius 2 is 1.58 bits per heavy atom. The summed E-state index contributed by atoms with van der Waals surface area (Å²) >= 11 is 0. The van der Waals surface area contributed by atoms with Gasteiger partial charge >= 0.3 is 6.01 Å². The van der Waals surface area contributed by atoms with Crippen molar-refractivity contribution < 1.29 is 9.21 Å². The van der Waals surface area contributed by atoms with E-state index in [-0.39, 0.29) is 11.9 Å². The number of carbonyl (C=O) groups is 1. The molecule has 1 atom stereocenters. The summed E-state index contributed by atoms with van der Waals surface area (Å²) in [5, 5.41) is 14.1. The van der Waals surface area contributed by atoms with Crippen molar-refractivity contribution in [3.8, 4) is 11.5 Å². The van der Waals surface area contributed by atoms with Gasteiger partial charge in [-0.05, 0) is 24.6 Å². The molecule has 31 heavy (non-hydrogen) atoms. The molecule has 0 saturated heterocycles. The van der Waals surface area contributed by atoms with Gasteiger partial charge in [-0.3, -0.25) is 4.79 Å². The van der Waals surface area contributed by atoms with Gasteiger partial charge in [0, 0.05) is 16.7 Å². The first-order valence-electron chi connectivity index (χ1n) is 9.88. The summed E-state index contributed by atoms with van der Waals surface area (Å²) < 4.78 is 5.78. The van der Waals surface area contributed by atoms with E-state index in [1.807, 2.05) is 85.8 Å². The van der Waals surface area contributed by atoms with E-state index in [1.165, 1.54) is 0 Å². The van der Waals surface area contributed by atoms with Crippen LogP contribution >= 0.6 is 0 Å². The number of aliphatic imine (C=N–C) groups is 1. The van der Waals surface area contributed by atoms with Crippen LogP contribution in [-0.4, -0.2) is 28.0 Å². The predicted molar refractivity (Wildman–Crippen MR) is 119 cm³/mol. The number of anilines is 2. The Morgan fingerprint density at radius 1 is 0.871 bits per heavy atom. The second-order valence-electron chi connectivity index (χ2n) is 7.15. The number of aryl methyl sites for hydroxylation is 1. The Kier molecular flexibility index (Phi) is 4.76. The summed E-state index contributed by atoms with van der Waals surface area (Å²) in [5.74, 6) is 0.0687. The SMILES string of the molecule is Cc1ccccc1-c1nnc(NC2N=C(c3ccccc3)c3ccccc3NC2=O)o1. The Labute approximate surface area is 178 Å². The van der Waals surface area contributed by atoms with Crippen molar-refractivity contribution in [2.45, 2.75) is 13.1 Å². The first-order chi connectivity index (χ1) is 15.2. The summed E-state index contributed by atoms with van der Waals surface area (Å²) in [6.45, 7) is 1.97. The smallest absolute Gasteiger partial charge is 0.317 e. The molecular weight excluding hydrogens is 390 g/mol. The molecule has 3 aromatic carbocycles. The van der Waals surface area contributed by atoms with Gasteiger partial charge in [0.05, 0.1) is 11.4 Å².